The Balaban J connectivity index is 2.02. The van der Waals surface area contributed by atoms with Crippen LogP contribution < -0.4 is 10.6 Å². The van der Waals surface area contributed by atoms with Crippen molar-refractivity contribution in [2.45, 2.75) is 26.3 Å². The standard InChI is InChI=1S/C17H20N2O2/c1-3-18-15(16-11(2)7-9-21-16)13-5-4-12-6-8-19-17(20)14(12)10-13/h4-5,7,9-10,15,18H,3,6,8H2,1-2H3,(H,19,20). The van der Waals surface area contributed by atoms with Gasteiger partial charge in [-0.05, 0) is 48.7 Å². The first-order valence-electron chi connectivity index (χ1n) is 7.39. The summed E-state index contributed by atoms with van der Waals surface area (Å²) >= 11 is 0. The Kier molecular flexibility index (Phi) is 3.80. The van der Waals surface area contributed by atoms with Gasteiger partial charge in [0.05, 0.1) is 12.3 Å². The number of hydrogen-bond acceptors (Lipinski definition) is 3. The first-order chi connectivity index (χ1) is 10.2. The zero-order chi connectivity index (χ0) is 14.8. The molecular weight excluding hydrogens is 264 g/mol. The van der Waals surface area contributed by atoms with E-state index in [4.69, 9.17) is 4.42 Å². The van der Waals surface area contributed by atoms with E-state index in [1.165, 1.54) is 0 Å². The fourth-order valence-electron chi connectivity index (χ4n) is 2.86. The molecule has 0 saturated heterocycles. The van der Waals surface area contributed by atoms with Crippen LogP contribution in [0, 0.1) is 6.92 Å². The Morgan fingerprint density at radius 3 is 2.95 bits per heavy atom. The van der Waals surface area contributed by atoms with E-state index in [1.54, 1.807) is 6.26 Å². The summed E-state index contributed by atoms with van der Waals surface area (Å²) in [7, 11) is 0. The van der Waals surface area contributed by atoms with Crippen LogP contribution in [0.25, 0.3) is 0 Å². The van der Waals surface area contributed by atoms with E-state index in [9.17, 15) is 4.79 Å². The maximum absolute atomic E-state index is 12.0. The molecule has 110 valence electrons. The van der Waals surface area contributed by atoms with Crippen molar-refractivity contribution >= 4 is 5.91 Å². The first-order valence-corrected chi connectivity index (χ1v) is 7.39. The molecule has 1 aliphatic rings. The van der Waals surface area contributed by atoms with Gasteiger partial charge in [-0.3, -0.25) is 4.79 Å². The molecule has 1 aromatic carbocycles. The second-order valence-electron chi connectivity index (χ2n) is 5.38. The Labute approximate surface area is 124 Å². The molecule has 0 saturated carbocycles. The highest BCUT2D eigenvalue weighted by molar-refractivity contribution is 5.96. The van der Waals surface area contributed by atoms with Crippen molar-refractivity contribution < 1.29 is 9.21 Å². The third-order valence-corrected chi connectivity index (χ3v) is 3.96. The van der Waals surface area contributed by atoms with Crippen LogP contribution in [0.2, 0.25) is 0 Å². The van der Waals surface area contributed by atoms with Gasteiger partial charge in [-0.2, -0.15) is 0 Å². The van der Waals surface area contributed by atoms with Crippen LogP contribution in [-0.4, -0.2) is 19.0 Å². The zero-order valence-corrected chi connectivity index (χ0v) is 12.4. The molecule has 2 aromatic rings. The minimum Gasteiger partial charge on any atom is -0.467 e. The highest BCUT2D eigenvalue weighted by Crippen LogP contribution is 2.28. The largest absolute Gasteiger partial charge is 0.467 e. The molecule has 0 fully saturated rings. The van der Waals surface area contributed by atoms with E-state index in [0.29, 0.717) is 0 Å². The number of fused-ring (bicyclic) bond motifs is 1. The molecule has 1 aliphatic heterocycles. The molecule has 3 rings (SSSR count). The number of amides is 1. The van der Waals surface area contributed by atoms with Crippen molar-refractivity contribution in [1.82, 2.24) is 10.6 Å². The topological polar surface area (TPSA) is 54.3 Å². The van der Waals surface area contributed by atoms with Gasteiger partial charge in [-0.25, -0.2) is 0 Å². The van der Waals surface area contributed by atoms with Crippen LogP contribution in [0.1, 0.15) is 45.8 Å². The molecule has 2 N–H and O–H groups in total. The van der Waals surface area contributed by atoms with Crippen LogP contribution in [-0.2, 0) is 6.42 Å². The lowest BCUT2D eigenvalue weighted by atomic mass is 9.93. The molecule has 1 amide bonds. The van der Waals surface area contributed by atoms with Crippen molar-refractivity contribution in [2.24, 2.45) is 0 Å². The Bertz CT molecular complexity index is 661. The molecule has 0 spiro atoms. The molecule has 4 heteroatoms. The number of aryl methyl sites for hydroxylation is 1. The smallest absolute Gasteiger partial charge is 0.251 e. The van der Waals surface area contributed by atoms with Gasteiger partial charge in [0.25, 0.3) is 5.91 Å². The third kappa shape index (κ3) is 2.59. The van der Waals surface area contributed by atoms with Crippen LogP contribution in [0.4, 0.5) is 0 Å². The van der Waals surface area contributed by atoms with Gasteiger partial charge in [0.1, 0.15) is 5.76 Å². The van der Waals surface area contributed by atoms with Crippen molar-refractivity contribution in [3.05, 3.63) is 58.5 Å². The van der Waals surface area contributed by atoms with Gasteiger partial charge in [-0.15, -0.1) is 0 Å². The maximum Gasteiger partial charge on any atom is 0.251 e. The molecule has 1 aromatic heterocycles. The number of hydrogen-bond donors (Lipinski definition) is 2. The minimum atomic E-state index is -0.0231. The SMILES string of the molecule is CCNC(c1ccc2c(c1)C(=O)NCC2)c1occc1C. The molecule has 0 radical (unpaired) electrons. The summed E-state index contributed by atoms with van der Waals surface area (Å²) < 4.78 is 5.64. The Morgan fingerprint density at radius 2 is 2.24 bits per heavy atom. The molecule has 0 aliphatic carbocycles. The number of furan rings is 1. The average Bonchev–Trinajstić information content (AvgIpc) is 2.91. The minimum absolute atomic E-state index is 0.0181. The number of rotatable bonds is 4. The molecule has 1 unspecified atom stereocenters. The summed E-state index contributed by atoms with van der Waals surface area (Å²) in [6.07, 6.45) is 2.60. The van der Waals surface area contributed by atoms with Crippen molar-refractivity contribution in [1.29, 1.82) is 0 Å². The van der Waals surface area contributed by atoms with Gasteiger partial charge < -0.3 is 15.1 Å². The van der Waals surface area contributed by atoms with E-state index >= 15 is 0 Å². The number of carbonyl (C=O) groups excluding carboxylic acids is 1. The highest BCUT2D eigenvalue weighted by atomic mass is 16.3. The third-order valence-electron chi connectivity index (χ3n) is 3.96. The fourth-order valence-corrected chi connectivity index (χ4v) is 2.86. The molecule has 21 heavy (non-hydrogen) atoms. The number of nitrogens with one attached hydrogen (secondary N) is 2. The van der Waals surface area contributed by atoms with Crippen LogP contribution in [0.5, 0.6) is 0 Å². The molecule has 2 heterocycles. The van der Waals surface area contributed by atoms with E-state index in [0.717, 1.165) is 47.5 Å². The van der Waals surface area contributed by atoms with Crippen molar-refractivity contribution in [3.63, 3.8) is 0 Å². The fraction of sp³-hybridized carbons (Fsp3) is 0.353. The van der Waals surface area contributed by atoms with Crippen LogP contribution in [0.15, 0.2) is 34.9 Å². The summed E-state index contributed by atoms with van der Waals surface area (Å²) in [6.45, 7) is 5.65. The van der Waals surface area contributed by atoms with Gasteiger partial charge >= 0.3 is 0 Å². The lowest BCUT2D eigenvalue weighted by Crippen LogP contribution is -2.32. The summed E-state index contributed by atoms with van der Waals surface area (Å²) in [4.78, 5) is 12.0. The van der Waals surface area contributed by atoms with Gasteiger partial charge in [-0.1, -0.05) is 19.1 Å². The Morgan fingerprint density at radius 1 is 1.38 bits per heavy atom. The number of carbonyl (C=O) groups is 1. The van der Waals surface area contributed by atoms with Crippen LogP contribution >= 0.6 is 0 Å². The lowest BCUT2D eigenvalue weighted by Gasteiger charge is -2.21. The molecule has 0 bridgehead atoms. The quantitative estimate of drug-likeness (QED) is 0.907. The Hall–Kier alpha value is -2.07. The van der Waals surface area contributed by atoms with E-state index in [2.05, 4.69) is 29.7 Å². The van der Waals surface area contributed by atoms with Gasteiger partial charge in [0.15, 0.2) is 0 Å². The molecule has 4 nitrogen and oxygen atoms in total. The summed E-state index contributed by atoms with van der Waals surface area (Å²) in [6, 6.07) is 8.08. The summed E-state index contributed by atoms with van der Waals surface area (Å²) in [5, 5.41) is 6.34. The average molecular weight is 284 g/mol. The van der Waals surface area contributed by atoms with Crippen molar-refractivity contribution in [3.8, 4) is 0 Å². The van der Waals surface area contributed by atoms with E-state index < -0.39 is 0 Å². The van der Waals surface area contributed by atoms with Crippen LogP contribution in [0.3, 0.4) is 0 Å². The second-order valence-corrected chi connectivity index (χ2v) is 5.38. The normalized spacial score (nSPS) is 15.4. The molecular formula is C17H20N2O2. The maximum atomic E-state index is 12.0. The van der Waals surface area contributed by atoms with Crippen molar-refractivity contribution in [2.75, 3.05) is 13.1 Å². The zero-order valence-electron chi connectivity index (χ0n) is 12.4. The van der Waals surface area contributed by atoms with Gasteiger partial charge in [0, 0.05) is 12.1 Å². The molecule has 1 atom stereocenters. The summed E-state index contributed by atoms with van der Waals surface area (Å²) in [5.41, 5.74) is 4.08. The van der Waals surface area contributed by atoms with E-state index in [1.807, 2.05) is 19.1 Å². The highest BCUT2D eigenvalue weighted by Gasteiger charge is 2.22. The van der Waals surface area contributed by atoms with E-state index in [-0.39, 0.29) is 11.9 Å². The summed E-state index contributed by atoms with van der Waals surface area (Å²) in [5.74, 6) is 0.928. The van der Waals surface area contributed by atoms with Gasteiger partial charge in [0.2, 0.25) is 0 Å². The predicted octanol–water partition coefficient (Wildman–Crippen LogP) is 2.57. The number of benzene rings is 1. The monoisotopic (exact) mass is 284 g/mol. The lowest BCUT2D eigenvalue weighted by molar-refractivity contribution is 0.0946. The predicted molar refractivity (Wildman–Crippen MR) is 81.4 cm³/mol. The second kappa shape index (κ2) is 5.74. The first kappa shape index (κ1) is 13.9.